The highest BCUT2D eigenvalue weighted by Gasteiger charge is 2.16. The van der Waals surface area contributed by atoms with Gasteiger partial charge in [0, 0.05) is 0 Å². The van der Waals surface area contributed by atoms with Crippen LogP contribution in [0.2, 0.25) is 0 Å². The molecule has 0 amide bonds. The maximum Gasteiger partial charge on any atom is 0.374 e. The average Bonchev–Trinajstić information content (AvgIpc) is 2.64. The van der Waals surface area contributed by atoms with Crippen molar-refractivity contribution in [3.05, 3.63) is 23.7 Å². The topological polar surface area (TPSA) is 65.5 Å². The maximum atomic E-state index is 11.6. The Balaban J connectivity index is 2.51. The highest BCUT2D eigenvalue weighted by molar-refractivity contribution is 5.86. The Bertz CT molecular complexity index is 344. The minimum atomic E-state index is -0.423. The standard InChI is InChI=1S/C12H19NO3/c1-8(2)6-9(3)15-12(14)11-5-4-10(7-13)16-11/h4-5,8-9H,6-7,13H2,1-3H3. The molecule has 0 aliphatic carbocycles. The normalized spacial score (nSPS) is 12.8. The van der Waals surface area contributed by atoms with Crippen molar-refractivity contribution in [2.45, 2.75) is 39.8 Å². The van der Waals surface area contributed by atoms with Crippen LogP contribution in [0.15, 0.2) is 16.5 Å². The summed E-state index contributed by atoms with van der Waals surface area (Å²) in [5, 5.41) is 0. The molecule has 0 bridgehead atoms. The molecule has 0 fully saturated rings. The van der Waals surface area contributed by atoms with Gasteiger partial charge in [-0.3, -0.25) is 0 Å². The van der Waals surface area contributed by atoms with Crippen molar-refractivity contribution in [3.63, 3.8) is 0 Å². The van der Waals surface area contributed by atoms with Crippen molar-refractivity contribution in [2.24, 2.45) is 11.7 Å². The van der Waals surface area contributed by atoms with Gasteiger partial charge in [0.1, 0.15) is 5.76 Å². The van der Waals surface area contributed by atoms with Crippen LogP contribution in [-0.4, -0.2) is 12.1 Å². The summed E-state index contributed by atoms with van der Waals surface area (Å²) < 4.78 is 10.4. The van der Waals surface area contributed by atoms with Crippen molar-refractivity contribution in [1.29, 1.82) is 0 Å². The third-order valence-corrected chi connectivity index (χ3v) is 2.18. The Kier molecular flexibility index (Phi) is 4.55. The molecule has 1 aromatic heterocycles. The Hall–Kier alpha value is -1.29. The summed E-state index contributed by atoms with van der Waals surface area (Å²) in [6.07, 6.45) is 0.745. The van der Waals surface area contributed by atoms with Crippen molar-refractivity contribution in [2.75, 3.05) is 0 Å². The highest BCUT2D eigenvalue weighted by Crippen LogP contribution is 2.13. The van der Waals surface area contributed by atoms with Gasteiger partial charge in [0.15, 0.2) is 0 Å². The van der Waals surface area contributed by atoms with Gasteiger partial charge in [-0.05, 0) is 31.4 Å². The maximum absolute atomic E-state index is 11.6. The Morgan fingerprint density at radius 1 is 1.44 bits per heavy atom. The van der Waals surface area contributed by atoms with Crippen LogP contribution in [0.1, 0.15) is 43.5 Å². The molecule has 4 heteroatoms. The van der Waals surface area contributed by atoms with Crippen molar-refractivity contribution in [3.8, 4) is 0 Å². The fourth-order valence-electron chi connectivity index (χ4n) is 1.55. The van der Waals surface area contributed by atoms with Crippen molar-refractivity contribution in [1.82, 2.24) is 0 Å². The minimum Gasteiger partial charge on any atom is -0.457 e. The lowest BCUT2D eigenvalue weighted by Gasteiger charge is -2.14. The van der Waals surface area contributed by atoms with Gasteiger partial charge in [0.05, 0.1) is 12.6 Å². The quantitative estimate of drug-likeness (QED) is 0.781. The minimum absolute atomic E-state index is 0.0982. The molecule has 2 N–H and O–H groups in total. The number of hydrogen-bond acceptors (Lipinski definition) is 4. The van der Waals surface area contributed by atoms with Gasteiger partial charge >= 0.3 is 5.97 Å². The fourth-order valence-corrected chi connectivity index (χ4v) is 1.55. The van der Waals surface area contributed by atoms with E-state index in [1.807, 2.05) is 6.92 Å². The molecule has 90 valence electrons. The van der Waals surface area contributed by atoms with E-state index in [2.05, 4.69) is 13.8 Å². The van der Waals surface area contributed by atoms with Crippen LogP contribution in [0, 0.1) is 5.92 Å². The van der Waals surface area contributed by atoms with E-state index in [1.165, 1.54) is 0 Å². The number of rotatable bonds is 5. The number of hydrogen-bond donors (Lipinski definition) is 1. The molecule has 0 radical (unpaired) electrons. The molecule has 1 aromatic rings. The van der Waals surface area contributed by atoms with E-state index >= 15 is 0 Å². The third kappa shape index (κ3) is 3.70. The first kappa shape index (κ1) is 12.8. The van der Waals surface area contributed by atoms with Crippen LogP contribution in [0.5, 0.6) is 0 Å². The molecule has 0 aromatic carbocycles. The number of nitrogens with two attached hydrogens (primary N) is 1. The number of ether oxygens (including phenoxy) is 1. The summed E-state index contributed by atoms with van der Waals surface area (Å²) in [5.74, 6) is 0.881. The Labute approximate surface area is 95.8 Å². The summed E-state index contributed by atoms with van der Waals surface area (Å²) in [7, 11) is 0. The van der Waals surface area contributed by atoms with E-state index in [-0.39, 0.29) is 18.4 Å². The summed E-state index contributed by atoms with van der Waals surface area (Å²) in [5.41, 5.74) is 5.38. The molecule has 16 heavy (non-hydrogen) atoms. The van der Waals surface area contributed by atoms with Crippen LogP contribution in [0.3, 0.4) is 0 Å². The second kappa shape index (κ2) is 5.70. The first-order valence-electron chi connectivity index (χ1n) is 5.52. The zero-order valence-corrected chi connectivity index (χ0v) is 10.0. The summed E-state index contributed by atoms with van der Waals surface area (Å²) in [4.78, 5) is 11.6. The number of carbonyl (C=O) groups is 1. The van der Waals surface area contributed by atoms with E-state index < -0.39 is 5.97 Å². The van der Waals surface area contributed by atoms with Crippen molar-refractivity contribution < 1.29 is 13.9 Å². The molecular weight excluding hydrogens is 206 g/mol. The first-order valence-corrected chi connectivity index (χ1v) is 5.52. The Morgan fingerprint density at radius 3 is 2.62 bits per heavy atom. The molecule has 1 unspecified atom stereocenters. The monoisotopic (exact) mass is 225 g/mol. The predicted molar refractivity (Wildman–Crippen MR) is 60.9 cm³/mol. The van der Waals surface area contributed by atoms with Crippen LogP contribution in [-0.2, 0) is 11.3 Å². The zero-order valence-electron chi connectivity index (χ0n) is 10.0. The lowest BCUT2D eigenvalue weighted by molar-refractivity contribution is 0.0262. The van der Waals surface area contributed by atoms with Crippen molar-refractivity contribution >= 4 is 5.97 Å². The molecule has 0 aliphatic rings. The van der Waals surface area contributed by atoms with Crippen LogP contribution >= 0.6 is 0 Å². The number of carbonyl (C=O) groups excluding carboxylic acids is 1. The average molecular weight is 225 g/mol. The molecular formula is C12H19NO3. The summed E-state index contributed by atoms with van der Waals surface area (Å²) in [6, 6.07) is 3.27. The highest BCUT2D eigenvalue weighted by atomic mass is 16.6. The van der Waals surface area contributed by atoms with E-state index in [0.29, 0.717) is 11.7 Å². The predicted octanol–water partition coefficient (Wildman–Crippen LogP) is 2.33. The molecule has 0 saturated carbocycles. The van der Waals surface area contributed by atoms with Crippen LogP contribution in [0.25, 0.3) is 0 Å². The van der Waals surface area contributed by atoms with Gasteiger partial charge in [0.2, 0.25) is 5.76 Å². The molecule has 1 heterocycles. The van der Waals surface area contributed by atoms with Crippen LogP contribution in [0.4, 0.5) is 0 Å². The van der Waals surface area contributed by atoms with Gasteiger partial charge in [-0.25, -0.2) is 4.79 Å². The number of esters is 1. The van der Waals surface area contributed by atoms with Crippen LogP contribution < -0.4 is 5.73 Å². The first-order chi connectivity index (χ1) is 7.52. The van der Waals surface area contributed by atoms with Gasteiger partial charge in [-0.1, -0.05) is 13.8 Å². The van der Waals surface area contributed by atoms with E-state index in [0.717, 1.165) is 6.42 Å². The molecule has 1 atom stereocenters. The second-order valence-electron chi connectivity index (χ2n) is 4.32. The van der Waals surface area contributed by atoms with Gasteiger partial charge < -0.3 is 14.9 Å². The molecule has 0 aliphatic heterocycles. The fraction of sp³-hybridized carbons (Fsp3) is 0.583. The Morgan fingerprint density at radius 2 is 2.12 bits per heavy atom. The summed E-state index contributed by atoms with van der Waals surface area (Å²) >= 11 is 0. The van der Waals surface area contributed by atoms with E-state index in [4.69, 9.17) is 14.9 Å². The molecule has 4 nitrogen and oxygen atoms in total. The SMILES string of the molecule is CC(C)CC(C)OC(=O)c1ccc(CN)o1. The molecule has 0 spiro atoms. The number of furan rings is 1. The largest absolute Gasteiger partial charge is 0.457 e. The van der Waals surface area contributed by atoms with Gasteiger partial charge in [-0.15, -0.1) is 0 Å². The van der Waals surface area contributed by atoms with Gasteiger partial charge in [-0.2, -0.15) is 0 Å². The summed E-state index contributed by atoms with van der Waals surface area (Å²) in [6.45, 7) is 6.34. The lowest BCUT2D eigenvalue weighted by Crippen LogP contribution is -2.16. The molecule has 1 rings (SSSR count). The zero-order chi connectivity index (χ0) is 12.1. The van der Waals surface area contributed by atoms with E-state index in [9.17, 15) is 4.79 Å². The second-order valence-corrected chi connectivity index (χ2v) is 4.32. The lowest BCUT2D eigenvalue weighted by atomic mass is 10.1. The smallest absolute Gasteiger partial charge is 0.374 e. The van der Waals surface area contributed by atoms with Gasteiger partial charge in [0.25, 0.3) is 0 Å². The molecule has 0 saturated heterocycles. The third-order valence-electron chi connectivity index (χ3n) is 2.18. The van der Waals surface area contributed by atoms with E-state index in [1.54, 1.807) is 12.1 Å².